The molecule has 0 aliphatic carbocycles. The summed E-state index contributed by atoms with van der Waals surface area (Å²) in [7, 11) is 0. The molecule has 39 heteroatoms. The smallest absolute Gasteiger partial charge is 0.325 e. The Bertz CT molecular complexity index is 2470. The van der Waals surface area contributed by atoms with Gasteiger partial charge in [0.05, 0.1) is 38.6 Å². The third kappa shape index (κ3) is 31.9. The Hall–Kier alpha value is -8.59. The van der Waals surface area contributed by atoms with Gasteiger partial charge in [-0.15, -0.1) is 0 Å². The van der Waals surface area contributed by atoms with Crippen LogP contribution in [0.4, 0.5) is 0 Å². The number of aliphatic hydroxyl groups excluding tert-OH is 1. The van der Waals surface area contributed by atoms with Crippen molar-refractivity contribution in [2.24, 2.45) is 45.3 Å². The molecule has 10 atom stereocenters. The van der Waals surface area contributed by atoms with E-state index in [9.17, 15) is 81.8 Å². The van der Waals surface area contributed by atoms with E-state index in [4.69, 9.17) is 44.6 Å². The molecule has 0 unspecified atom stereocenters. The lowest BCUT2D eigenvalue weighted by Gasteiger charge is -2.27. The van der Waals surface area contributed by atoms with Gasteiger partial charge in [-0.25, -0.2) is 0 Å². The van der Waals surface area contributed by atoms with Crippen molar-refractivity contribution < 1.29 is 92.0 Å². The van der Waals surface area contributed by atoms with E-state index in [-0.39, 0.29) is 56.1 Å². The molecule has 0 spiro atoms. The number of guanidine groups is 1. The SMILES string of the molecule is CSCC[C@H](NC(=O)[C@H](CO)NC(=O)CNC(=O)[C@H](CCC(N)=O)NC(=O)[C@@H](N)CS)C(=O)N[C@@H](CC(N)=O)C(=O)N[C@@H](CC(N)=O)C(=O)N[C@@H](CCCN=C(N)N)C(=O)N[C@H](C(=O)NCC(=O)N[C@@H](CCC(=O)O)C(=O)N[C@@H](C)C(=O)O)C(C)C. The van der Waals surface area contributed by atoms with Gasteiger partial charge in [0.2, 0.25) is 82.7 Å². The van der Waals surface area contributed by atoms with Gasteiger partial charge in [-0.1, -0.05) is 13.8 Å². The lowest BCUT2D eigenvalue weighted by atomic mass is 10.0. The molecule has 14 amide bonds. The normalized spacial score (nSPS) is 14.3. The fourth-order valence-electron chi connectivity index (χ4n) is 7.06. The van der Waals surface area contributed by atoms with Crippen molar-refractivity contribution in [1.82, 2.24) is 58.5 Å². The first kappa shape index (κ1) is 77.4. The van der Waals surface area contributed by atoms with Crippen molar-refractivity contribution in [2.75, 3.05) is 44.0 Å². The summed E-state index contributed by atoms with van der Waals surface area (Å²) in [5.74, 6) is -18.9. The van der Waals surface area contributed by atoms with Crippen molar-refractivity contribution in [3.8, 4) is 0 Å². The van der Waals surface area contributed by atoms with Crippen molar-refractivity contribution in [2.45, 2.75) is 139 Å². The molecule has 484 valence electrons. The van der Waals surface area contributed by atoms with Gasteiger partial charge in [0.1, 0.15) is 54.4 Å². The van der Waals surface area contributed by atoms with Crippen LogP contribution in [-0.2, 0) is 76.7 Å². The van der Waals surface area contributed by atoms with Crippen LogP contribution in [0.1, 0.15) is 78.6 Å². The predicted octanol–water partition coefficient (Wildman–Crippen LogP) is -10.7. The first-order valence-electron chi connectivity index (χ1n) is 26.3. The first-order chi connectivity index (χ1) is 40.2. The Labute approximate surface area is 502 Å². The average molecular weight is 1270 g/mol. The highest BCUT2D eigenvalue weighted by molar-refractivity contribution is 7.98. The minimum Gasteiger partial charge on any atom is -0.481 e. The van der Waals surface area contributed by atoms with Crippen molar-refractivity contribution in [3.05, 3.63) is 0 Å². The van der Waals surface area contributed by atoms with Gasteiger partial charge in [0.25, 0.3) is 0 Å². The first-order valence-corrected chi connectivity index (χ1v) is 28.3. The molecule has 0 saturated carbocycles. The monoisotopic (exact) mass is 1260 g/mol. The number of carbonyl (C=O) groups is 16. The van der Waals surface area contributed by atoms with Crippen LogP contribution in [0.25, 0.3) is 0 Å². The van der Waals surface area contributed by atoms with Gasteiger partial charge < -0.3 is 108 Å². The number of nitrogens with zero attached hydrogens (tertiary/aromatic N) is 1. The molecule has 0 aromatic carbocycles. The highest BCUT2D eigenvalue weighted by Crippen LogP contribution is 2.09. The summed E-state index contributed by atoms with van der Waals surface area (Å²) in [6, 6.07) is -15.9. The number of aliphatic carboxylic acids is 2. The topological polar surface area (TPSA) is 635 Å². The van der Waals surface area contributed by atoms with Crippen LogP contribution < -0.4 is 92.9 Å². The van der Waals surface area contributed by atoms with E-state index in [1.165, 1.54) is 25.6 Å². The molecule has 0 fully saturated rings. The van der Waals surface area contributed by atoms with E-state index in [1.807, 2.05) is 0 Å². The largest absolute Gasteiger partial charge is 0.481 e. The molecule has 26 N–H and O–H groups in total. The molecule has 0 aromatic heterocycles. The second kappa shape index (κ2) is 40.6. The minimum atomic E-state index is -1.97. The second-order valence-corrected chi connectivity index (χ2v) is 20.6. The summed E-state index contributed by atoms with van der Waals surface area (Å²) in [5.41, 5.74) is 32.5. The highest BCUT2D eigenvalue weighted by Gasteiger charge is 2.36. The Balaban J connectivity index is 6.53. The number of amides is 14. The maximum absolute atomic E-state index is 14.0. The number of carbonyl (C=O) groups excluding carboxylic acids is 14. The number of primary amides is 3. The third-order valence-corrected chi connectivity index (χ3v) is 12.7. The standard InChI is InChI=1S/C47H80N18O19S2/c1-20(2)36(45(82)56-17-33(70)58-25(8-10-35(72)73)39(76)57-21(3)46(83)84)65-41(78)23(6-5-12-54-47(52)53)61-42(79)27(14-31(50)68)64-43(80)28(15-32(51)69)63-40(77)26(11-13-86-4)62-44(81)29(18-66)59-34(71)16-55-38(75)24(7-9-30(49)67)60-37(74)22(48)19-85/h20-29,36,66,85H,5-19,48H2,1-4H3,(H2,49,67)(H2,50,68)(H2,51,69)(H,55,75)(H,56,82)(H,57,76)(H,58,70)(H,59,71)(H,60,74)(H,61,79)(H,62,81)(H,63,77)(H,64,80)(H,65,78)(H,72,73)(H,83,84)(H4,52,53,54)/t21-,22-,23-,24-,25-,26-,27-,28-,29-,36-/m0/s1. The van der Waals surface area contributed by atoms with Crippen molar-refractivity contribution >= 4 is 125 Å². The second-order valence-electron chi connectivity index (χ2n) is 19.3. The zero-order valence-electron chi connectivity index (χ0n) is 47.6. The Morgan fingerprint density at radius 3 is 1.37 bits per heavy atom. The van der Waals surface area contributed by atoms with Gasteiger partial charge in [0, 0.05) is 25.1 Å². The Morgan fingerprint density at radius 1 is 0.500 bits per heavy atom. The van der Waals surface area contributed by atoms with E-state index in [0.29, 0.717) is 0 Å². The van der Waals surface area contributed by atoms with Crippen LogP contribution in [0, 0.1) is 5.92 Å². The lowest BCUT2D eigenvalue weighted by Crippen LogP contribution is -2.61. The zero-order chi connectivity index (χ0) is 66.0. The number of nitrogens with two attached hydrogens (primary N) is 6. The summed E-state index contributed by atoms with van der Waals surface area (Å²) in [6.45, 7) is 1.19. The quantitative estimate of drug-likeness (QED) is 0.0117. The molecular weight excluding hydrogens is 1180 g/mol. The van der Waals surface area contributed by atoms with Gasteiger partial charge in [0.15, 0.2) is 5.96 Å². The number of hydrogen-bond donors (Lipinski definition) is 21. The van der Waals surface area contributed by atoms with E-state index in [1.54, 1.807) is 6.26 Å². The molecule has 0 aliphatic heterocycles. The molecule has 0 saturated heterocycles. The number of aliphatic hydroxyl groups is 1. The molecule has 0 rings (SSSR count). The maximum Gasteiger partial charge on any atom is 0.325 e. The summed E-state index contributed by atoms with van der Waals surface area (Å²) in [6.07, 6.45) is -2.58. The van der Waals surface area contributed by atoms with E-state index in [0.717, 1.165) is 6.92 Å². The van der Waals surface area contributed by atoms with Crippen LogP contribution in [0.15, 0.2) is 4.99 Å². The molecule has 86 heavy (non-hydrogen) atoms. The summed E-state index contributed by atoms with van der Waals surface area (Å²) >= 11 is 5.11. The average Bonchev–Trinajstić information content (AvgIpc) is 3.64. The number of rotatable bonds is 43. The molecule has 37 nitrogen and oxygen atoms in total. The summed E-state index contributed by atoms with van der Waals surface area (Å²) in [5, 5.41) is 53.1. The number of hydrogen-bond acceptors (Lipinski definition) is 21. The van der Waals surface area contributed by atoms with Gasteiger partial charge in [-0.3, -0.25) is 81.7 Å². The molecular formula is C47H80N18O19S2. The van der Waals surface area contributed by atoms with Crippen LogP contribution in [0.2, 0.25) is 0 Å². The van der Waals surface area contributed by atoms with Crippen LogP contribution in [0.5, 0.6) is 0 Å². The molecule has 0 heterocycles. The van der Waals surface area contributed by atoms with Gasteiger partial charge in [-0.05, 0) is 57.0 Å². The molecule has 0 radical (unpaired) electrons. The minimum absolute atomic E-state index is 0.0366. The number of aliphatic imine (C=N–C) groups is 1. The number of carboxylic acids is 2. The third-order valence-electron chi connectivity index (χ3n) is 11.7. The van der Waals surface area contributed by atoms with Crippen LogP contribution in [-0.4, -0.2) is 220 Å². The maximum atomic E-state index is 14.0. The number of thioether (sulfide) groups is 1. The number of nitrogens with one attached hydrogen (secondary N) is 11. The highest BCUT2D eigenvalue weighted by atomic mass is 32.2. The number of thiol groups is 1. The lowest BCUT2D eigenvalue weighted by molar-refractivity contribution is -0.142. The molecule has 0 aliphatic rings. The van der Waals surface area contributed by atoms with Crippen LogP contribution in [0.3, 0.4) is 0 Å². The number of carboxylic acid groups (broad SMARTS) is 2. The fourth-order valence-corrected chi connectivity index (χ4v) is 7.70. The van der Waals surface area contributed by atoms with E-state index in [2.05, 4.69) is 76.1 Å². The zero-order valence-corrected chi connectivity index (χ0v) is 49.3. The predicted molar refractivity (Wildman–Crippen MR) is 306 cm³/mol. The van der Waals surface area contributed by atoms with Gasteiger partial charge in [-0.2, -0.15) is 24.4 Å². The van der Waals surface area contributed by atoms with E-state index < -0.39 is 206 Å². The van der Waals surface area contributed by atoms with Crippen molar-refractivity contribution in [1.29, 1.82) is 0 Å². The van der Waals surface area contributed by atoms with Crippen molar-refractivity contribution in [3.63, 3.8) is 0 Å². The fraction of sp³-hybridized carbons (Fsp3) is 0.638. The Kier molecular flexibility index (Phi) is 36.6. The van der Waals surface area contributed by atoms with E-state index >= 15 is 0 Å². The molecule has 0 bridgehead atoms. The van der Waals surface area contributed by atoms with Gasteiger partial charge >= 0.3 is 11.9 Å². The summed E-state index contributed by atoms with van der Waals surface area (Å²) in [4.78, 5) is 209. The van der Waals surface area contributed by atoms with Crippen LogP contribution >= 0.6 is 24.4 Å². The molecule has 0 aromatic rings. The Morgan fingerprint density at radius 2 is 0.919 bits per heavy atom. The summed E-state index contributed by atoms with van der Waals surface area (Å²) < 4.78 is 0.